The third-order valence-corrected chi connectivity index (χ3v) is 6.15. The fraction of sp³-hybridized carbons (Fsp3) is 0.450. The maximum atomic E-state index is 13.0. The fourth-order valence-electron chi connectivity index (χ4n) is 3.18. The van der Waals surface area contributed by atoms with E-state index >= 15 is 0 Å². The van der Waals surface area contributed by atoms with Gasteiger partial charge in [0.2, 0.25) is 0 Å². The van der Waals surface area contributed by atoms with Gasteiger partial charge in [-0.05, 0) is 0 Å². The van der Waals surface area contributed by atoms with Crippen LogP contribution in [0.5, 0.6) is 0 Å². The van der Waals surface area contributed by atoms with E-state index in [1.165, 1.54) is 24.8 Å². The molecule has 1 unspecified atom stereocenters. The van der Waals surface area contributed by atoms with Crippen molar-refractivity contribution in [1.29, 1.82) is 5.26 Å². The Kier molecular flexibility index (Phi) is 9.44. The molecule has 0 spiro atoms. The van der Waals surface area contributed by atoms with Crippen LogP contribution in [0, 0.1) is 11.3 Å². The summed E-state index contributed by atoms with van der Waals surface area (Å²) in [4.78, 5) is 24.4. The molecule has 35 heavy (non-hydrogen) atoms. The van der Waals surface area contributed by atoms with Gasteiger partial charge < -0.3 is 14.6 Å². The number of phosphoric acid groups is 1. The molecule has 3 heterocycles. The number of ether oxygens (including phenoxy) is 2. The largest absolute Gasteiger partial charge is 0.475 e. The molecule has 4 atom stereocenters. The third kappa shape index (κ3) is 6.70. The van der Waals surface area contributed by atoms with E-state index < -0.39 is 39.0 Å². The zero-order chi connectivity index (χ0) is 25.3. The molecule has 1 aliphatic rings. The molecule has 1 amide bonds. The average Bonchev–Trinajstić information content (AvgIpc) is 3.46. The second-order valence-electron chi connectivity index (χ2n) is 7.02. The van der Waals surface area contributed by atoms with Crippen LogP contribution in [0.25, 0.3) is 11.2 Å². The number of anilines is 1. The first-order chi connectivity index (χ1) is 16.9. The summed E-state index contributed by atoms with van der Waals surface area (Å²) in [6.45, 7) is 6.28. The number of nitrogens with zero attached hydrogens (tertiary/aromatic N) is 5. The molecule has 1 saturated heterocycles. The highest BCUT2D eigenvalue weighted by Crippen LogP contribution is 2.53. The topological polar surface area (TPSA) is 180 Å². The Labute approximate surface area is 200 Å². The van der Waals surface area contributed by atoms with Crippen LogP contribution in [0.15, 0.2) is 38.0 Å². The minimum atomic E-state index is -4.08. The molecule has 0 saturated carbocycles. The fourth-order valence-corrected chi connectivity index (χ4v) is 4.53. The summed E-state index contributed by atoms with van der Waals surface area (Å²) in [5, 5.41) is 21.0. The first-order valence-electron chi connectivity index (χ1n) is 10.5. The lowest BCUT2D eigenvalue weighted by Gasteiger charge is -2.22. The van der Waals surface area contributed by atoms with Gasteiger partial charge in [0.1, 0.15) is 31.4 Å². The van der Waals surface area contributed by atoms with Crippen LogP contribution in [0.3, 0.4) is 0 Å². The van der Waals surface area contributed by atoms with E-state index in [-0.39, 0.29) is 44.0 Å². The van der Waals surface area contributed by atoms with Crippen molar-refractivity contribution in [3.8, 4) is 6.07 Å². The molecule has 14 nitrogen and oxygen atoms in total. The lowest BCUT2D eigenvalue weighted by molar-refractivity contribution is -0.0448. The Morgan fingerprint density at radius 1 is 1.34 bits per heavy atom. The van der Waals surface area contributed by atoms with E-state index in [1.54, 1.807) is 4.57 Å². The van der Waals surface area contributed by atoms with Crippen molar-refractivity contribution in [2.24, 2.45) is 0 Å². The first-order valence-corrected chi connectivity index (χ1v) is 11.9. The number of amides is 1. The Morgan fingerprint density at radius 3 is 2.86 bits per heavy atom. The predicted octanol–water partition coefficient (Wildman–Crippen LogP) is 2.47. The van der Waals surface area contributed by atoms with Gasteiger partial charge in [0.15, 0.2) is 17.0 Å². The molecule has 1 fully saturated rings. The summed E-state index contributed by atoms with van der Waals surface area (Å²) in [7, 11) is -4.08. The standard InChI is InChI=1S/C20H25N6O8P/c1-3-7-30-20(28)25-18-17-19(23-12-22-18)26(13-24-17)16-10-14(15(11-27)33-16)34-35(29,31-8-4-2)32-9-5-6-21/h3-4,12-16,27H,1-2,5,7-11H2,(H,22,23,25,28)/t14-,15+,16+,35?/m0/s1. The number of hydrogen-bond acceptors (Lipinski definition) is 12. The van der Waals surface area contributed by atoms with Crippen LogP contribution < -0.4 is 5.32 Å². The lowest BCUT2D eigenvalue weighted by Crippen LogP contribution is -2.27. The highest BCUT2D eigenvalue weighted by atomic mass is 31.2. The second-order valence-corrected chi connectivity index (χ2v) is 8.64. The van der Waals surface area contributed by atoms with Crippen LogP contribution in [-0.4, -0.2) is 69.4 Å². The third-order valence-electron chi connectivity index (χ3n) is 4.66. The molecule has 0 aromatic carbocycles. The van der Waals surface area contributed by atoms with Gasteiger partial charge in [-0.1, -0.05) is 18.7 Å². The molecular formula is C20H25N6O8P. The van der Waals surface area contributed by atoms with E-state index in [0.29, 0.717) is 5.65 Å². The normalized spacial score (nSPS) is 21.2. The minimum absolute atomic E-state index is 0.0176. The smallest absolute Gasteiger partial charge is 0.445 e. The van der Waals surface area contributed by atoms with Crippen LogP contribution in [0.4, 0.5) is 10.6 Å². The molecule has 3 rings (SSSR count). The van der Waals surface area contributed by atoms with E-state index in [2.05, 4.69) is 33.4 Å². The summed E-state index contributed by atoms with van der Waals surface area (Å²) >= 11 is 0. The molecule has 0 bridgehead atoms. The minimum Gasteiger partial charge on any atom is -0.445 e. The molecule has 0 radical (unpaired) electrons. The predicted molar refractivity (Wildman–Crippen MR) is 121 cm³/mol. The number of rotatable bonds is 13. The van der Waals surface area contributed by atoms with Gasteiger partial charge >= 0.3 is 13.9 Å². The van der Waals surface area contributed by atoms with Crippen molar-refractivity contribution in [1.82, 2.24) is 19.5 Å². The Morgan fingerprint density at radius 2 is 2.14 bits per heavy atom. The molecule has 2 aromatic rings. The lowest BCUT2D eigenvalue weighted by atomic mass is 10.2. The van der Waals surface area contributed by atoms with Gasteiger partial charge in [0, 0.05) is 6.42 Å². The van der Waals surface area contributed by atoms with Gasteiger partial charge in [-0.15, -0.1) is 6.58 Å². The number of nitriles is 1. The summed E-state index contributed by atoms with van der Waals surface area (Å²) in [6, 6.07) is 1.88. The highest BCUT2D eigenvalue weighted by Gasteiger charge is 2.43. The van der Waals surface area contributed by atoms with Crippen LogP contribution in [-0.2, 0) is 27.6 Å². The zero-order valence-electron chi connectivity index (χ0n) is 18.7. The van der Waals surface area contributed by atoms with Crippen molar-refractivity contribution in [3.63, 3.8) is 0 Å². The van der Waals surface area contributed by atoms with Crippen LogP contribution in [0.2, 0.25) is 0 Å². The monoisotopic (exact) mass is 508 g/mol. The first kappa shape index (κ1) is 26.4. The molecule has 1 aliphatic heterocycles. The number of imidazole rings is 1. The number of hydrogen-bond donors (Lipinski definition) is 2. The van der Waals surface area contributed by atoms with Crippen molar-refractivity contribution < 1.29 is 37.5 Å². The van der Waals surface area contributed by atoms with E-state index in [9.17, 15) is 14.5 Å². The van der Waals surface area contributed by atoms with E-state index in [0.717, 1.165) is 0 Å². The van der Waals surface area contributed by atoms with Crippen LogP contribution in [0.1, 0.15) is 19.1 Å². The summed E-state index contributed by atoms with van der Waals surface area (Å²) in [5.74, 6) is 0.125. The number of aliphatic hydroxyl groups is 1. The maximum Gasteiger partial charge on any atom is 0.475 e. The van der Waals surface area contributed by atoms with Gasteiger partial charge in [-0.2, -0.15) is 5.26 Å². The van der Waals surface area contributed by atoms with Gasteiger partial charge in [0.25, 0.3) is 0 Å². The van der Waals surface area contributed by atoms with Crippen LogP contribution >= 0.6 is 7.82 Å². The van der Waals surface area contributed by atoms with E-state index in [4.69, 9.17) is 28.3 Å². The van der Waals surface area contributed by atoms with Crippen molar-refractivity contribution in [3.05, 3.63) is 38.0 Å². The number of nitrogens with one attached hydrogen (secondary N) is 1. The number of aromatic nitrogens is 4. The zero-order valence-corrected chi connectivity index (χ0v) is 19.6. The van der Waals surface area contributed by atoms with Gasteiger partial charge in [0.05, 0.1) is 38.6 Å². The van der Waals surface area contributed by atoms with Crippen molar-refractivity contribution in [2.75, 3.05) is 31.7 Å². The summed E-state index contributed by atoms with van der Waals surface area (Å²) in [6.07, 6.45) is 2.37. The molecule has 2 N–H and O–H groups in total. The summed E-state index contributed by atoms with van der Waals surface area (Å²) in [5.41, 5.74) is 0.606. The maximum absolute atomic E-state index is 13.0. The Hall–Kier alpha value is -3.18. The second kappa shape index (κ2) is 12.5. The molecule has 0 aliphatic carbocycles. The number of carbonyl (C=O) groups excluding carboxylic acids is 1. The Balaban J connectivity index is 1.78. The number of phosphoric ester groups is 1. The van der Waals surface area contributed by atoms with Crippen molar-refractivity contribution in [2.45, 2.75) is 31.3 Å². The molecular weight excluding hydrogens is 483 g/mol. The molecule has 2 aromatic heterocycles. The van der Waals surface area contributed by atoms with Gasteiger partial charge in [-0.3, -0.25) is 23.5 Å². The average molecular weight is 508 g/mol. The number of aliphatic hydroxyl groups excluding tert-OH is 1. The number of fused-ring (bicyclic) bond motifs is 1. The summed E-state index contributed by atoms with van der Waals surface area (Å²) < 4.78 is 41.4. The number of carbonyl (C=O) groups is 1. The van der Waals surface area contributed by atoms with Gasteiger partial charge in [-0.25, -0.2) is 24.3 Å². The molecule has 188 valence electrons. The Bertz CT molecular complexity index is 1130. The van der Waals surface area contributed by atoms with E-state index in [1.807, 2.05) is 6.07 Å². The molecule has 15 heteroatoms. The quantitative estimate of drug-likeness (QED) is 0.230. The SMILES string of the molecule is C=CCOC(=O)Nc1ncnc2c1ncn2[C@H]1C[C@H](OP(=O)(OCC=C)OCCC#N)[C@@H](CO)O1. The van der Waals surface area contributed by atoms with Crippen molar-refractivity contribution >= 4 is 30.9 Å². The highest BCUT2D eigenvalue weighted by molar-refractivity contribution is 7.48.